The summed E-state index contributed by atoms with van der Waals surface area (Å²) in [6.07, 6.45) is 7.98. The van der Waals surface area contributed by atoms with Gasteiger partial charge in [0, 0.05) is 84.8 Å². The molecule has 0 saturated carbocycles. The van der Waals surface area contributed by atoms with Gasteiger partial charge in [-0.05, 0) is 29.6 Å². The minimum Gasteiger partial charge on any atom is -0.497 e. The number of rotatable bonds is 21. The average molecular weight is 1210 g/mol. The van der Waals surface area contributed by atoms with Crippen LogP contribution in [0.5, 0.6) is 46.0 Å². The zero-order valence-electron chi connectivity index (χ0n) is 46.1. The van der Waals surface area contributed by atoms with Crippen LogP contribution in [0.3, 0.4) is 0 Å². The number of unbranched alkanes of at least 4 members (excludes halogenated alkanes) is 3. The van der Waals surface area contributed by atoms with E-state index in [1.54, 1.807) is 91.9 Å². The van der Waals surface area contributed by atoms with E-state index in [9.17, 15) is 0 Å². The normalized spacial score (nSPS) is 10.0. The molecule has 4 N–H and O–H groups in total. The van der Waals surface area contributed by atoms with Gasteiger partial charge >= 0.3 is 168 Å². The summed E-state index contributed by atoms with van der Waals surface area (Å²) < 4.78 is 50.8. The van der Waals surface area contributed by atoms with Crippen LogP contribution in [0, 0.1) is 0 Å². The van der Waals surface area contributed by atoms with Crippen LogP contribution in [0.4, 0.5) is 10.8 Å². The summed E-state index contributed by atoms with van der Waals surface area (Å²) >= 11 is 2.42. The molecule has 0 bridgehead atoms. The average Bonchev–Trinajstić information content (AvgIpc) is 4.28. The molecule has 3 heterocycles. The number of ether oxygens (including phenoxy) is 8. The first-order valence-electron chi connectivity index (χ1n) is 24.2. The monoisotopic (exact) mass is 1220 g/mol. The number of nitrogen functional groups attached to an aromatic ring is 2. The second-order valence-electron chi connectivity index (χ2n) is 16.2. The summed E-state index contributed by atoms with van der Waals surface area (Å²) in [5.74, 6) is 6.22. The summed E-state index contributed by atoms with van der Waals surface area (Å²) in [5, 5.41) is 0.534. The van der Waals surface area contributed by atoms with E-state index in [1.165, 1.54) is 78.0 Å². The van der Waals surface area contributed by atoms with E-state index in [0.717, 1.165) is 60.4 Å². The van der Waals surface area contributed by atoms with Gasteiger partial charge in [-0.25, -0.2) is 9.97 Å². The van der Waals surface area contributed by atoms with Crippen molar-refractivity contribution < 1.29 is 37.9 Å². The van der Waals surface area contributed by atoms with Crippen LogP contribution in [0.1, 0.15) is 59.3 Å². The van der Waals surface area contributed by atoms with Crippen molar-refractivity contribution in [2.75, 3.05) is 68.3 Å². The molecule has 0 aliphatic carbocycles. The number of thiazole rings is 3. The van der Waals surface area contributed by atoms with Gasteiger partial charge < -0.3 is 39.9 Å². The smallest absolute Gasteiger partial charge is 0.181 e. The fourth-order valence-electron chi connectivity index (χ4n) is 6.99. The molecule has 4 aromatic carbocycles. The van der Waals surface area contributed by atoms with Gasteiger partial charge in [0.1, 0.15) is 34.5 Å². The predicted molar refractivity (Wildman–Crippen MR) is 370 cm³/mol. The molecule has 7 aromatic rings. The van der Waals surface area contributed by atoms with Gasteiger partial charge in [0.2, 0.25) is 0 Å². The Kier molecular flexibility index (Phi) is 38.4. The van der Waals surface area contributed by atoms with Gasteiger partial charge in [0.15, 0.2) is 5.13 Å². The Labute approximate surface area is 502 Å². The third-order valence-electron chi connectivity index (χ3n) is 10.7. The topological polar surface area (TPSA) is 165 Å². The summed E-state index contributed by atoms with van der Waals surface area (Å²) in [6, 6.07) is 16.7. The number of hydrogen-bond donors (Lipinski definition) is 2. The number of nitrogens with two attached hydrogens (primary N) is 2. The molecule has 0 amide bonds. The second kappa shape index (κ2) is 41.3. The van der Waals surface area contributed by atoms with Gasteiger partial charge in [0.25, 0.3) is 0 Å². The third-order valence-corrected chi connectivity index (χ3v) is 31.3. The van der Waals surface area contributed by atoms with Crippen molar-refractivity contribution >= 4 is 207 Å². The van der Waals surface area contributed by atoms with Crippen molar-refractivity contribution in [3.8, 4) is 46.0 Å². The number of hydrogen-bond acceptors (Lipinski definition) is 16. The van der Waals surface area contributed by atoms with E-state index in [-0.39, 0.29) is 6.39 Å². The predicted octanol–water partition coefficient (Wildman–Crippen LogP) is 3.74. The van der Waals surface area contributed by atoms with Gasteiger partial charge in [0.05, 0.1) is 68.6 Å². The maximum Gasteiger partial charge on any atom is 0.181 e. The first kappa shape index (κ1) is 73.3. The minimum absolute atomic E-state index is 0.130. The zero-order valence-corrected chi connectivity index (χ0v) is 51.4. The molecular formula is C47H74B15N5O8S3Sn-3. The van der Waals surface area contributed by atoms with Gasteiger partial charge in [-0.15, -0.1) is 11.3 Å². The number of aromatic nitrogens is 3. The quantitative estimate of drug-likeness (QED) is 0.0792. The molecule has 0 atom stereocenters. The Morgan fingerprint density at radius 2 is 0.899 bits per heavy atom. The molecule has 0 spiro atoms. The van der Waals surface area contributed by atoms with E-state index in [1.807, 2.05) is 48.7 Å². The van der Waals surface area contributed by atoms with Crippen molar-refractivity contribution in [1.82, 2.24) is 15.0 Å². The number of fused-ring (bicyclic) bond motifs is 3. The molecule has 15 radical (unpaired) electrons. The van der Waals surface area contributed by atoms with Crippen LogP contribution in [0.15, 0.2) is 60.1 Å². The number of anilines is 2. The van der Waals surface area contributed by atoms with E-state index >= 15 is 0 Å². The van der Waals surface area contributed by atoms with Crippen LogP contribution in [0.25, 0.3) is 30.6 Å². The van der Waals surface area contributed by atoms with Crippen LogP contribution in [-0.2, 0) is 0 Å². The second-order valence-corrected chi connectivity index (χ2v) is 33.1. The molecule has 0 fully saturated rings. The molecule has 405 valence electrons. The minimum atomic E-state index is -2.48. The van der Waals surface area contributed by atoms with Crippen molar-refractivity contribution in [3.63, 3.8) is 0 Å². The summed E-state index contributed by atoms with van der Waals surface area (Å²) in [5.41, 5.74) is 16.4. The molecule has 0 unspecified atom stereocenters. The molecule has 32 heteroatoms. The van der Waals surface area contributed by atoms with Crippen LogP contribution in [0.2, 0.25) is 13.3 Å². The van der Waals surface area contributed by atoms with E-state index in [2.05, 4.69) is 43.9 Å². The Hall–Kier alpha value is -3.68. The Morgan fingerprint density at radius 3 is 1.25 bits per heavy atom. The molecule has 0 aliphatic heterocycles. The maximum atomic E-state index is 5.65. The SMILES string of the molecule is CCC[CH2][Sn]([CH2]CCC)([CH2]CCC)[c]1nc2cc(OC)cc(OC)c2s1.COc1cc(N)cc(OC)c1.COc1cc(OC)c2sc(N)nc2c1.COc1cc(OC)c2scnc2c1.[B]B([BH3-])[B][BH3-].[B]B([B])[B][BH3-].[B][B]B([B])[B]. The summed E-state index contributed by atoms with van der Waals surface area (Å²) in [6.45, 7) is 6.97. The molecule has 3 aromatic heterocycles. The van der Waals surface area contributed by atoms with Gasteiger partial charge in [-0.1, -0.05) is 34.5 Å². The Bertz CT molecular complexity index is 2690. The molecule has 7 rings (SSSR count). The van der Waals surface area contributed by atoms with Crippen molar-refractivity contribution in [2.24, 2.45) is 0 Å². The van der Waals surface area contributed by atoms with E-state index < -0.39 is 24.8 Å². The Morgan fingerprint density at radius 1 is 0.532 bits per heavy atom. The number of nitrogens with zero attached hydrogens (tertiary/aromatic N) is 3. The molecule has 0 saturated heterocycles. The van der Waals surface area contributed by atoms with Crippen LogP contribution >= 0.6 is 34.0 Å². The van der Waals surface area contributed by atoms with Crippen molar-refractivity contribution in [2.45, 2.75) is 72.6 Å². The van der Waals surface area contributed by atoms with Crippen molar-refractivity contribution in [3.05, 3.63) is 60.1 Å². The standard InChI is InChI=1S/C9H10N2O2S.C9H9NO2S.C9H8NO2S.C8H11NO2.3C4H9.B5H6.B5H3.B5.Sn/c1-12-5-3-6-8(7(4-5)13-2)14-9(10)11-6;2*1-11-6-3-7-9(13-5-10-7)8(4-6)12-2;1-10-7-3-6(9)4-8(5-7)11-2;3*1-3-4-2;3*1-4-5(2)3;/h3-4H,1-2H3,(H2,10,11);3-5H,1-2H3;3-4H,1-2H3;3-5H,9H2,1-2H3;3*1,3-4H2,2H3;1-2H3;1H3;;/q;;;;;;;-2;-1;;. The van der Waals surface area contributed by atoms with E-state index in [4.69, 9.17) is 101 Å². The number of benzene rings is 4. The third kappa shape index (κ3) is 26.4. The zero-order chi connectivity index (χ0) is 59.5. The molecular weight excluding hydrogens is 1140 g/mol. The molecule has 0 aliphatic rings. The molecule has 13 nitrogen and oxygen atoms in total. The first-order valence-corrected chi connectivity index (χ1v) is 34.2. The summed E-state index contributed by atoms with van der Waals surface area (Å²) in [4.78, 5) is 13.6. The van der Waals surface area contributed by atoms with Gasteiger partial charge in [-0.2, -0.15) is 20.5 Å². The first-order chi connectivity index (χ1) is 37.8. The van der Waals surface area contributed by atoms with Crippen LogP contribution < -0.4 is 52.4 Å². The van der Waals surface area contributed by atoms with Gasteiger partial charge in [-0.3, -0.25) is 0 Å². The Balaban J connectivity index is 0.000000504. The van der Waals surface area contributed by atoms with Crippen LogP contribution in [-0.4, -0.2) is 200 Å². The van der Waals surface area contributed by atoms with Crippen molar-refractivity contribution in [1.29, 1.82) is 0 Å². The molecule has 79 heavy (non-hydrogen) atoms. The van der Waals surface area contributed by atoms with E-state index in [0.29, 0.717) is 51.9 Å². The summed E-state index contributed by atoms with van der Waals surface area (Å²) in [7, 11) is 50.1. The number of methoxy groups -OCH3 is 8. The fourth-order valence-corrected chi connectivity index (χ4v) is 28.2. The maximum absolute atomic E-state index is 5.65. The fraction of sp³-hybridized carbons (Fsp3) is 0.426. The largest absolute Gasteiger partial charge is 0.497 e.